The van der Waals surface area contributed by atoms with Gasteiger partial charge in [-0.25, -0.2) is 4.79 Å². The summed E-state index contributed by atoms with van der Waals surface area (Å²) < 4.78 is 29.1. The van der Waals surface area contributed by atoms with E-state index in [0.717, 1.165) is 0 Å². The van der Waals surface area contributed by atoms with Gasteiger partial charge in [0, 0.05) is 32.1 Å². The number of benzene rings is 1. The highest BCUT2D eigenvalue weighted by Crippen LogP contribution is 2.23. The highest BCUT2D eigenvalue weighted by Gasteiger charge is 2.29. The van der Waals surface area contributed by atoms with E-state index in [9.17, 15) is 18.4 Å². The molecule has 1 aromatic carbocycles. The predicted octanol–water partition coefficient (Wildman–Crippen LogP) is 3.64. The van der Waals surface area contributed by atoms with E-state index in [0.29, 0.717) is 44.6 Å². The van der Waals surface area contributed by atoms with Crippen LogP contribution in [0.3, 0.4) is 0 Å². The summed E-state index contributed by atoms with van der Waals surface area (Å²) in [5.41, 5.74) is 0.695. The van der Waals surface area contributed by atoms with Gasteiger partial charge in [0.15, 0.2) is 0 Å². The molecule has 0 bridgehead atoms. The van der Waals surface area contributed by atoms with Gasteiger partial charge in [0.2, 0.25) is 5.91 Å². The zero-order valence-corrected chi connectivity index (χ0v) is 16.7. The monoisotopic (exact) mass is 397 g/mol. The quantitative estimate of drug-likeness (QED) is 0.764. The molecule has 8 heteroatoms. The van der Waals surface area contributed by atoms with E-state index < -0.39 is 6.61 Å². The molecule has 1 aliphatic heterocycles. The molecule has 0 radical (unpaired) electrons. The van der Waals surface area contributed by atoms with Gasteiger partial charge in [-0.1, -0.05) is 12.1 Å². The molecule has 1 N–H and O–H groups in total. The third-order valence-corrected chi connectivity index (χ3v) is 5.11. The van der Waals surface area contributed by atoms with Gasteiger partial charge in [-0.05, 0) is 51.3 Å². The first-order valence-electron chi connectivity index (χ1n) is 9.74. The standard InChI is InChI=1S/C20H29F2N3O3/c1-4-24(5-2)20(27)25-11-9-15(10-12-25)18(26)23-14(3)16-7-6-8-17(13-16)28-19(21)22/h6-8,13-15,19H,4-5,9-12H2,1-3H3,(H,23,26). The van der Waals surface area contributed by atoms with E-state index in [2.05, 4.69) is 10.1 Å². The zero-order valence-electron chi connectivity index (χ0n) is 16.7. The molecule has 1 aliphatic rings. The second-order valence-electron chi connectivity index (χ2n) is 6.90. The van der Waals surface area contributed by atoms with Crippen molar-refractivity contribution in [2.75, 3.05) is 26.2 Å². The Bertz CT molecular complexity index is 660. The average Bonchev–Trinajstić information content (AvgIpc) is 2.68. The Hall–Kier alpha value is -2.38. The summed E-state index contributed by atoms with van der Waals surface area (Å²) in [4.78, 5) is 28.6. The molecule has 0 saturated carbocycles. The molecule has 0 spiro atoms. The fraction of sp³-hybridized carbons (Fsp3) is 0.600. The fourth-order valence-electron chi connectivity index (χ4n) is 3.40. The number of likely N-dealkylation sites (tertiary alicyclic amines) is 1. The number of piperidine rings is 1. The molecule has 0 aromatic heterocycles. The van der Waals surface area contributed by atoms with Crippen LogP contribution in [0.1, 0.15) is 45.2 Å². The molecule has 156 valence electrons. The molecule has 2 rings (SSSR count). The average molecular weight is 397 g/mol. The van der Waals surface area contributed by atoms with Crippen LogP contribution in [0, 0.1) is 5.92 Å². The summed E-state index contributed by atoms with van der Waals surface area (Å²) in [6.07, 6.45) is 1.22. The van der Waals surface area contributed by atoms with E-state index in [1.807, 2.05) is 13.8 Å². The second-order valence-corrected chi connectivity index (χ2v) is 6.90. The predicted molar refractivity (Wildman–Crippen MR) is 102 cm³/mol. The van der Waals surface area contributed by atoms with Gasteiger partial charge in [0.25, 0.3) is 0 Å². The third-order valence-electron chi connectivity index (χ3n) is 5.11. The Labute approximate surface area is 164 Å². The number of amides is 3. The Morgan fingerprint density at radius 2 is 1.89 bits per heavy atom. The SMILES string of the molecule is CCN(CC)C(=O)N1CCC(C(=O)NC(C)c2cccc(OC(F)F)c2)CC1. The fourth-order valence-corrected chi connectivity index (χ4v) is 3.40. The number of carbonyl (C=O) groups is 2. The van der Waals surface area contributed by atoms with Gasteiger partial charge in [0.1, 0.15) is 5.75 Å². The van der Waals surface area contributed by atoms with Crippen molar-refractivity contribution in [3.05, 3.63) is 29.8 Å². The first kappa shape index (κ1) is 21.9. The van der Waals surface area contributed by atoms with Gasteiger partial charge in [-0.15, -0.1) is 0 Å². The Morgan fingerprint density at radius 3 is 2.46 bits per heavy atom. The van der Waals surface area contributed by atoms with Crippen LogP contribution < -0.4 is 10.1 Å². The number of halogens is 2. The number of carbonyl (C=O) groups excluding carboxylic acids is 2. The van der Waals surface area contributed by atoms with Gasteiger partial charge in [0.05, 0.1) is 6.04 Å². The number of nitrogens with one attached hydrogen (secondary N) is 1. The first-order chi connectivity index (χ1) is 13.3. The maximum atomic E-state index is 12.6. The molecule has 28 heavy (non-hydrogen) atoms. The lowest BCUT2D eigenvalue weighted by atomic mass is 9.95. The molecular weight excluding hydrogens is 368 g/mol. The topological polar surface area (TPSA) is 61.9 Å². The van der Waals surface area contributed by atoms with Crippen molar-refractivity contribution >= 4 is 11.9 Å². The minimum atomic E-state index is -2.88. The van der Waals surface area contributed by atoms with Crippen molar-refractivity contribution in [3.63, 3.8) is 0 Å². The molecule has 0 aliphatic carbocycles. The number of alkyl halides is 2. The number of rotatable bonds is 7. The molecule has 6 nitrogen and oxygen atoms in total. The smallest absolute Gasteiger partial charge is 0.387 e. The molecule has 1 aromatic rings. The largest absolute Gasteiger partial charge is 0.435 e. The van der Waals surface area contributed by atoms with E-state index in [4.69, 9.17) is 0 Å². The minimum absolute atomic E-state index is 0.0214. The molecule has 1 unspecified atom stereocenters. The Morgan fingerprint density at radius 1 is 1.25 bits per heavy atom. The Kier molecular flexibility index (Phi) is 8.02. The van der Waals surface area contributed by atoms with Crippen LogP contribution >= 0.6 is 0 Å². The van der Waals surface area contributed by atoms with Crippen LogP contribution in [0.15, 0.2) is 24.3 Å². The van der Waals surface area contributed by atoms with Crippen molar-refractivity contribution in [1.29, 1.82) is 0 Å². The third kappa shape index (κ3) is 5.81. The highest BCUT2D eigenvalue weighted by molar-refractivity contribution is 5.80. The summed E-state index contributed by atoms with van der Waals surface area (Å²) in [6.45, 7) is 5.26. The van der Waals surface area contributed by atoms with Crippen molar-refractivity contribution in [2.24, 2.45) is 5.92 Å². The molecular formula is C20H29F2N3O3. The lowest BCUT2D eigenvalue weighted by molar-refractivity contribution is -0.127. The maximum absolute atomic E-state index is 12.6. The highest BCUT2D eigenvalue weighted by atomic mass is 19.3. The summed E-state index contributed by atoms with van der Waals surface area (Å²) in [5.74, 6) is -0.178. The lowest BCUT2D eigenvalue weighted by Crippen LogP contribution is -2.48. The molecule has 1 atom stereocenters. The number of ether oxygens (including phenoxy) is 1. The number of hydrogen-bond donors (Lipinski definition) is 1. The first-order valence-corrected chi connectivity index (χ1v) is 9.74. The lowest BCUT2D eigenvalue weighted by Gasteiger charge is -2.35. The molecule has 1 saturated heterocycles. The van der Waals surface area contributed by atoms with E-state index in [-0.39, 0.29) is 29.6 Å². The normalized spacial score (nSPS) is 16.0. The van der Waals surface area contributed by atoms with Gasteiger partial charge in [-0.2, -0.15) is 8.78 Å². The minimum Gasteiger partial charge on any atom is -0.435 e. The number of urea groups is 1. The van der Waals surface area contributed by atoms with Crippen LogP contribution in [0.4, 0.5) is 13.6 Å². The van der Waals surface area contributed by atoms with E-state index in [1.165, 1.54) is 12.1 Å². The zero-order chi connectivity index (χ0) is 20.7. The summed E-state index contributed by atoms with van der Waals surface area (Å²) in [7, 11) is 0. The Balaban J connectivity index is 1.88. The van der Waals surface area contributed by atoms with Crippen LogP contribution in [-0.2, 0) is 4.79 Å². The summed E-state index contributed by atoms with van der Waals surface area (Å²) >= 11 is 0. The van der Waals surface area contributed by atoms with E-state index in [1.54, 1.807) is 28.9 Å². The second kappa shape index (κ2) is 10.2. The summed E-state index contributed by atoms with van der Waals surface area (Å²) in [5, 5.41) is 2.94. The molecule has 1 heterocycles. The van der Waals surface area contributed by atoms with Crippen molar-refractivity contribution in [1.82, 2.24) is 15.1 Å². The van der Waals surface area contributed by atoms with Gasteiger partial charge in [-0.3, -0.25) is 4.79 Å². The van der Waals surface area contributed by atoms with Crippen molar-refractivity contribution in [3.8, 4) is 5.75 Å². The van der Waals surface area contributed by atoms with Gasteiger partial charge < -0.3 is 19.9 Å². The van der Waals surface area contributed by atoms with Crippen LogP contribution in [0.25, 0.3) is 0 Å². The number of nitrogens with zero attached hydrogens (tertiary/aromatic N) is 2. The van der Waals surface area contributed by atoms with Crippen LogP contribution in [-0.4, -0.2) is 54.5 Å². The molecule has 3 amide bonds. The number of hydrogen-bond acceptors (Lipinski definition) is 3. The van der Waals surface area contributed by atoms with Crippen molar-refractivity contribution < 1.29 is 23.1 Å². The molecule has 1 fully saturated rings. The van der Waals surface area contributed by atoms with Crippen molar-refractivity contribution in [2.45, 2.75) is 46.3 Å². The van der Waals surface area contributed by atoms with Crippen LogP contribution in [0.2, 0.25) is 0 Å². The summed E-state index contributed by atoms with van der Waals surface area (Å²) in [6, 6.07) is 6.02. The van der Waals surface area contributed by atoms with Crippen LogP contribution in [0.5, 0.6) is 5.75 Å². The maximum Gasteiger partial charge on any atom is 0.387 e. The van der Waals surface area contributed by atoms with Gasteiger partial charge >= 0.3 is 12.6 Å². The van der Waals surface area contributed by atoms with E-state index >= 15 is 0 Å².